The van der Waals surface area contributed by atoms with Crippen LogP contribution in [-0.2, 0) is 5.41 Å². The summed E-state index contributed by atoms with van der Waals surface area (Å²) in [6, 6.07) is 81.4. The number of para-hydroxylation sites is 3. The Hall–Kier alpha value is -8.40. The van der Waals surface area contributed by atoms with Gasteiger partial charge in [-0.15, -0.1) is 0 Å². The van der Waals surface area contributed by atoms with Crippen LogP contribution in [0, 0.1) is 0 Å². The van der Waals surface area contributed by atoms with Gasteiger partial charge in [0.1, 0.15) is 16.7 Å². The summed E-state index contributed by atoms with van der Waals surface area (Å²) in [5.41, 5.74) is 21.0. The highest BCUT2D eigenvalue weighted by Crippen LogP contribution is 2.65. The zero-order valence-corrected chi connectivity index (χ0v) is 34.6. The number of hydrogen-bond donors (Lipinski definition) is 0. The molecule has 1 spiro atoms. The summed E-state index contributed by atoms with van der Waals surface area (Å²) in [6.07, 6.45) is 0. The number of fused-ring (bicyclic) bond motifs is 17. The van der Waals surface area contributed by atoms with Gasteiger partial charge >= 0.3 is 0 Å². The van der Waals surface area contributed by atoms with Gasteiger partial charge in [0.05, 0.1) is 11.1 Å². The maximum Gasteiger partial charge on any atom is 0.159 e. The zero-order valence-electron chi connectivity index (χ0n) is 34.6. The molecule has 12 aromatic rings. The molecule has 1 unspecified atom stereocenters. The van der Waals surface area contributed by atoms with Gasteiger partial charge < -0.3 is 13.7 Å². The fourth-order valence-corrected chi connectivity index (χ4v) is 11.2. The van der Waals surface area contributed by atoms with E-state index in [0.717, 1.165) is 61.1 Å². The first-order valence-corrected chi connectivity index (χ1v) is 22.0. The van der Waals surface area contributed by atoms with Crippen LogP contribution in [0.2, 0.25) is 0 Å². The molecule has 0 saturated heterocycles. The van der Waals surface area contributed by atoms with Crippen LogP contribution >= 0.6 is 0 Å². The Bertz CT molecular complexity index is 3840. The van der Waals surface area contributed by atoms with Gasteiger partial charge in [0.25, 0.3) is 0 Å². The molecule has 2 aliphatic carbocycles. The van der Waals surface area contributed by atoms with Crippen molar-refractivity contribution in [3.05, 3.63) is 247 Å². The van der Waals surface area contributed by atoms with Crippen LogP contribution in [-0.4, -0.2) is 0 Å². The van der Waals surface area contributed by atoms with Gasteiger partial charge in [-0.1, -0.05) is 176 Å². The Kier molecular flexibility index (Phi) is 7.32. The average Bonchev–Trinajstić information content (AvgIpc) is 4.10. The van der Waals surface area contributed by atoms with E-state index in [4.69, 9.17) is 8.83 Å². The van der Waals surface area contributed by atoms with Crippen LogP contribution in [0.5, 0.6) is 0 Å². The Labute approximate surface area is 369 Å². The van der Waals surface area contributed by atoms with Gasteiger partial charge in [0, 0.05) is 32.9 Å². The lowest BCUT2D eigenvalue weighted by atomic mass is 9.70. The number of nitrogens with zero attached hydrogens (tertiary/aromatic N) is 1. The minimum absolute atomic E-state index is 0.562. The maximum absolute atomic E-state index is 6.80. The third-order valence-corrected chi connectivity index (χ3v) is 13.9. The summed E-state index contributed by atoms with van der Waals surface area (Å²) in [5, 5.41) is 4.51. The second-order valence-corrected chi connectivity index (χ2v) is 17.1. The standard InChI is InChI=1S/C61H37NO2/c1-2-13-38(14-3-1)39-25-27-40(28-26-39)41-29-31-42(32-30-41)62(54-22-12-19-47-46-16-6-10-23-55(46)64-60(47)54)43-33-34-45-44-15-4-8-20-50(44)61(53(45)37-43)51-21-9-5-17-48(51)58-52(61)35-36-57-59(58)49-18-7-11-24-56(49)63-57/h1-37H. The number of anilines is 3. The predicted octanol–water partition coefficient (Wildman–Crippen LogP) is 16.6. The van der Waals surface area contributed by atoms with Crippen LogP contribution in [0.15, 0.2) is 233 Å². The molecule has 3 nitrogen and oxygen atoms in total. The molecular weight excluding hydrogens is 779 g/mol. The van der Waals surface area contributed by atoms with Gasteiger partial charge in [-0.05, 0) is 115 Å². The lowest BCUT2D eigenvalue weighted by Gasteiger charge is -2.32. The van der Waals surface area contributed by atoms with Gasteiger partial charge in [-0.2, -0.15) is 0 Å². The van der Waals surface area contributed by atoms with Crippen molar-refractivity contribution in [3.8, 4) is 44.5 Å². The van der Waals surface area contributed by atoms with E-state index in [-0.39, 0.29) is 0 Å². The van der Waals surface area contributed by atoms with Crippen LogP contribution < -0.4 is 4.90 Å². The second kappa shape index (κ2) is 13.3. The van der Waals surface area contributed by atoms with E-state index in [9.17, 15) is 0 Å². The summed E-state index contributed by atoms with van der Waals surface area (Å²) in [6.45, 7) is 0. The first kappa shape index (κ1) is 35.2. The summed E-state index contributed by atoms with van der Waals surface area (Å²) in [4.78, 5) is 2.39. The molecule has 2 heterocycles. The minimum Gasteiger partial charge on any atom is -0.456 e. The van der Waals surface area contributed by atoms with E-state index in [0.29, 0.717) is 0 Å². The van der Waals surface area contributed by atoms with Crippen LogP contribution in [0.3, 0.4) is 0 Å². The average molecular weight is 816 g/mol. The molecule has 298 valence electrons. The molecule has 0 bridgehead atoms. The Morgan fingerprint density at radius 3 is 1.66 bits per heavy atom. The molecule has 0 radical (unpaired) electrons. The molecule has 0 saturated carbocycles. The fourth-order valence-electron chi connectivity index (χ4n) is 11.2. The number of benzene rings is 10. The van der Waals surface area contributed by atoms with Crippen molar-refractivity contribution in [2.75, 3.05) is 4.90 Å². The van der Waals surface area contributed by atoms with Crippen molar-refractivity contribution >= 4 is 60.9 Å². The lowest BCUT2D eigenvalue weighted by molar-refractivity contribution is 0.668. The third-order valence-electron chi connectivity index (χ3n) is 13.9. The van der Waals surface area contributed by atoms with Crippen molar-refractivity contribution in [1.29, 1.82) is 0 Å². The quantitative estimate of drug-likeness (QED) is 0.173. The summed E-state index contributed by atoms with van der Waals surface area (Å²) in [5.74, 6) is 0. The normalized spacial score (nSPS) is 14.6. The van der Waals surface area contributed by atoms with Crippen molar-refractivity contribution in [2.24, 2.45) is 0 Å². The molecule has 0 fully saturated rings. The molecule has 1 atom stereocenters. The van der Waals surface area contributed by atoms with Crippen LogP contribution in [0.25, 0.3) is 88.4 Å². The molecule has 64 heavy (non-hydrogen) atoms. The summed E-state index contributed by atoms with van der Waals surface area (Å²) < 4.78 is 13.3. The monoisotopic (exact) mass is 815 g/mol. The molecule has 0 amide bonds. The van der Waals surface area contributed by atoms with Gasteiger partial charge in [-0.25, -0.2) is 0 Å². The molecular formula is C61H37NO2. The summed E-state index contributed by atoms with van der Waals surface area (Å²) in [7, 11) is 0. The first-order valence-electron chi connectivity index (χ1n) is 22.0. The van der Waals surface area contributed by atoms with E-state index < -0.39 is 5.41 Å². The zero-order chi connectivity index (χ0) is 41.9. The molecule has 10 aromatic carbocycles. The highest BCUT2D eigenvalue weighted by atomic mass is 16.3. The SMILES string of the molecule is c1ccc(-c2ccc(-c3ccc(N(c4ccc5c(c4)C4(c6ccccc6-5)c5ccccc5-c5c4ccc4oc6ccccc6c54)c4cccc5c4oc4ccccc45)cc3)cc2)cc1. The highest BCUT2D eigenvalue weighted by molar-refractivity contribution is 6.16. The molecule has 3 heteroatoms. The molecule has 0 N–H and O–H groups in total. The lowest BCUT2D eigenvalue weighted by Crippen LogP contribution is -2.26. The fraction of sp³-hybridized carbons (Fsp3) is 0.0164. The number of rotatable bonds is 5. The van der Waals surface area contributed by atoms with E-state index >= 15 is 0 Å². The smallest absolute Gasteiger partial charge is 0.159 e. The van der Waals surface area contributed by atoms with Crippen molar-refractivity contribution in [1.82, 2.24) is 0 Å². The van der Waals surface area contributed by atoms with E-state index in [1.54, 1.807) is 0 Å². The number of hydrogen-bond acceptors (Lipinski definition) is 3. The van der Waals surface area contributed by atoms with Crippen molar-refractivity contribution in [3.63, 3.8) is 0 Å². The topological polar surface area (TPSA) is 29.5 Å². The first-order chi connectivity index (χ1) is 31.7. The van der Waals surface area contributed by atoms with E-state index in [2.05, 4.69) is 223 Å². The van der Waals surface area contributed by atoms with Gasteiger partial charge in [0.15, 0.2) is 5.58 Å². The Morgan fingerprint density at radius 1 is 0.328 bits per heavy atom. The van der Waals surface area contributed by atoms with Gasteiger partial charge in [0.2, 0.25) is 0 Å². The maximum atomic E-state index is 6.80. The molecule has 2 aliphatic rings. The van der Waals surface area contributed by atoms with Crippen LogP contribution in [0.1, 0.15) is 22.3 Å². The third kappa shape index (κ3) is 4.81. The second-order valence-electron chi connectivity index (χ2n) is 17.1. The Morgan fingerprint density at radius 2 is 0.891 bits per heavy atom. The highest BCUT2D eigenvalue weighted by Gasteiger charge is 2.52. The van der Waals surface area contributed by atoms with E-state index in [1.165, 1.54) is 66.6 Å². The Balaban J connectivity index is 0.996. The molecule has 2 aromatic heterocycles. The van der Waals surface area contributed by atoms with Gasteiger partial charge in [-0.3, -0.25) is 0 Å². The minimum atomic E-state index is -0.562. The summed E-state index contributed by atoms with van der Waals surface area (Å²) >= 11 is 0. The van der Waals surface area contributed by atoms with Crippen molar-refractivity contribution in [2.45, 2.75) is 5.41 Å². The largest absolute Gasteiger partial charge is 0.456 e. The van der Waals surface area contributed by atoms with E-state index in [1.807, 2.05) is 6.07 Å². The number of furan rings is 2. The van der Waals surface area contributed by atoms with Crippen LogP contribution in [0.4, 0.5) is 17.1 Å². The predicted molar refractivity (Wildman–Crippen MR) is 263 cm³/mol. The molecule has 14 rings (SSSR count). The molecule has 0 aliphatic heterocycles. The van der Waals surface area contributed by atoms with Crippen molar-refractivity contribution < 1.29 is 8.83 Å².